The average molecular weight is 747 g/mol. The van der Waals surface area contributed by atoms with E-state index in [0.717, 1.165) is 75.3 Å². The predicted molar refractivity (Wildman–Crippen MR) is 171 cm³/mol. The van der Waals surface area contributed by atoms with Crippen molar-refractivity contribution in [1.82, 2.24) is 15.0 Å². The molecule has 0 amide bonds. The minimum absolute atomic E-state index is 0. The molecule has 3 aromatic heterocycles. The first-order valence-electron chi connectivity index (χ1n) is 14.9. The molecule has 4 nitrogen and oxygen atoms in total. The van der Waals surface area contributed by atoms with E-state index < -0.39 is 14.0 Å². The monoisotopic (exact) mass is 747 g/mol. The quantitative estimate of drug-likeness (QED) is 0.134. The van der Waals surface area contributed by atoms with Crippen LogP contribution in [-0.2, 0) is 20.1 Å². The summed E-state index contributed by atoms with van der Waals surface area (Å²) in [5.41, 5.74) is 5.50. The van der Waals surface area contributed by atoms with Gasteiger partial charge in [0.2, 0.25) is 0 Å². The third-order valence-electron chi connectivity index (χ3n) is 7.60. The van der Waals surface area contributed by atoms with Crippen molar-refractivity contribution < 1.29 is 25.9 Å². The largest absolute Gasteiger partial charge is 0.501 e. The molecule has 0 aliphatic heterocycles. The first-order valence-corrected chi connectivity index (χ1v) is 17.9. The summed E-state index contributed by atoms with van der Waals surface area (Å²) in [6, 6.07) is 32.4. The SMILES string of the molecule is [2H]C1(c2ccc3c(c2)oc2c(-c4nccc([Si](C)(C)C)n4)[c-]ccc23)CCCCC1.[Ir].[c-]1ccccc1-c1ccccn1. The first kappa shape index (κ1) is 28.7. The van der Waals surface area contributed by atoms with Gasteiger partial charge in [0.1, 0.15) is 13.7 Å². The molecule has 1 fully saturated rings. The van der Waals surface area contributed by atoms with E-state index in [1.54, 1.807) is 6.20 Å². The Labute approximate surface area is 264 Å². The number of hydrogen-bond donors (Lipinski definition) is 0. The van der Waals surface area contributed by atoms with Crippen molar-refractivity contribution in [1.29, 1.82) is 0 Å². The third kappa shape index (κ3) is 6.62. The molecular formula is C36H35IrN3OSi-2. The fourth-order valence-corrected chi connectivity index (χ4v) is 6.38. The molecule has 6 heteroatoms. The second kappa shape index (κ2) is 13.2. The van der Waals surface area contributed by atoms with E-state index in [0.29, 0.717) is 5.82 Å². The fraction of sp³-hybridized carbons (Fsp3) is 0.250. The van der Waals surface area contributed by atoms with Crippen molar-refractivity contribution in [3.63, 3.8) is 0 Å². The van der Waals surface area contributed by atoms with Gasteiger partial charge in [-0.05, 0) is 48.2 Å². The zero-order valence-electron chi connectivity index (χ0n) is 25.3. The number of aromatic nitrogens is 3. The number of hydrogen-bond acceptors (Lipinski definition) is 4. The van der Waals surface area contributed by atoms with Crippen LogP contribution in [0.15, 0.2) is 95.7 Å². The summed E-state index contributed by atoms with van der Waals surface area (Å²) < 4.78 is 15.3. The molecule has 3 heterocycles. The van der Waals surface area contributed by atoms with E-state index in [1.165, 1.54) is 6.42 Å². The van der Waals surface area contributed by atoms with Crippen molar-refractivity contribution in [2.75, 3.05) is 0 Å². The molecule has 1 radical (unpaired) electrons. The maximum Gasteiger partial charge on any atom is 0.121 e. The summed E-state index contributed by atoms with van der Waals surface area (Å²) in [7, 11) is -1.55. The van der Waals surface area contributed by atoms with Crippen LogP contribution in [0.2, 0.25) is 19.6 Å². The van der Waals surface area contributed by atoms with Crippen LogP contribution in [0.5, 0.6) is 0 Å². The van der Waals surface area contributed by atoms with Gasteiger partial charge in [0.15, 0.2) is 0 Å². The minimum Gasteiger partial charge on any atom is -0.501 e. The molecule has 3 aromatic carbocycles. The van der Waals surface area contributed by atoms with Crippen LogP contribution in [0, 0.1) is 12.1 Å². The van der Waals surface area contributed by atoms with Gasteiger partial charge in [0, 0.05) is 44.6 Å². The number of rotatable bonds is 4. The average Bonchev–Trinajstić information content (AvgIpc) is 3.41. The first-order chi connectivity index (χ1) is 20.3. The molecule has 0 N–H and O–H groups in total. The molecule has 0 bridgehead atoms. The van der Waals surface area contributed by atoms with Gasteiger partial charge in [0.05, 0.1) is 11.4 Å². The summed E-state index contributed by atoms with van der Waals surface area (Å²) in [5.74, 6) is 0.179. The molecule has 215 valence electrons. The Hall–Kier alpha value is -3.44. The Morgan fingerprint density at radius 3 is 2.40 bits per heavy atom. The summed E-state index contributed by atoms with van der Waals surface area (Å²) >= 11 is 0. The molecular weight excluding hydrogens is 711 g/mol. The molecule has 6 aromatic rings. The van der Waals surface area contributed by atoms with E-state index >= 15 is 0 Å². The maximum atomic E-state index is 8.97. The van der Waals surface area contributed by atoms with Crippen molar-refractivity contribution >= 4 is 35.3 Å². The molecule has 1 saturated carbocycles. The topological polar surface area (TPSA) is 51.8 Å². The van der Waals surface area contributed by atoms with Crippen LogP contribution < -0.4 is 5.32 Å². The van der Waals surface area contributed by atoms with Gasteiger partial charge in [0.25, 0.3) is 0 Å². The molecule has 1 aliphatic rings. The fourth-order valence-electron chi connectivity index (χ4n) is 5.37. The molecule has 1 aliphatic carbocycles. The second-order valence-corrected chi connectivity index (χ2v) is 16.6. The number of fused-ring (bicyclic) bond motifs is 3. The predicted octanol–water partition coefficient (Wildman–Crippen LogP) is 8.98. The molecule has 0 unspecified atom stereocenters. The Bertz CT molecular complexity index is 1780. The number of nitrogens with zero attached hydrogens (tertiary/aromatic N) is 3. The van der Waals surface area contributed by atoms with Crippen LogP contribution >= 0.6 is 0 Å². The van der Waals surface area contributed by atoms with Gasteiger partial charge in [-0.1, -0.05) is 74.1 Å². The molecule has 0 atom stereocenters. The van der Waals surface area contributed by atoms with Crippen LogP contribution in [0.3, 0.4) is 0 Å². The van der Waals surface area contributed by atoms with E-state index in [-0.39, 0.29) is 20.1 Å². The standard InChI is InChI=1S/C25H27N2OSi.C11H8N.Ir/c1-29(2,3)23-14-15-26-25(27-23)21-11-7-10-20-19-13-12-18(16-22(19)28-24(20)21)17-8-5-4-6-9-17;1-2-6-10(7-3-1)11-8-4-5-9-12-11;/h7,10,12-17H,4-6,8-9H2,1-3H3;1-6,8-9H;/q2*-1;/i17D;;. The Morgan fingerprint density at radius 1 is 0.833 bits per heavy atom. The van der Waals surface area contributed by atoms with E-state index in [2.05, 4.69) is 59.9 Å². The minimum atomic E-state index is -1.55. The van der Waals surface area contributed by atoms with Crippen molar-refractivity contribution in [3.05, 3.63) is 109 Å². The zero-order valence-corrected chi connectivity index (χ0v) is 27.7. The Kier molecular flexibility index (Phi) is 9.04. The Balaban J connectivity index is 0.000000238. The van der Waals surface area contributed by atoms with Crippen LogP contribution in [0.1, 0.15) is 44.9 Å². The number of furan rings is 1. The van der Waals surface area contributed by atoms with Crippen LogP contribution in [-0.4, -0.2) is 23.0 Å². The summed E-state index contributed by atoms with van der Waals surface area (Å²) in [5, 5.41) is 3.25. The zero-order chi connectivity index (χ0) is 29.2. The summed E-state index contributed by atoms with van der Waals surface area (Å²) in [6.45, 7) is 6.86. The van der Waals surface area contributed by atoms with Crippen LogP contribution in [0.4, 0.5) is 0 Å². The molecule has 0 saturated heterocycles. The van der Waals surface area contributed by atoms with Gasteiger partial charge < -0.3 is 9.40 Å². The third-order valence-corrected chi connectivity index (χ3v) is 9.41. The smallest absolute Gasteiger partial charge is 0.121 e. The number of pyridine rings is 1. The summed E-state index contributed by atoms with van der Waals surface area (Å²) in [4.78, 5) is 13.6. The molecule has 7 rings (SSSR count). The number of benzene rings is 3. The van der Waals surface area contributed by atoms with Gasteiger partial charge in [-0.2, -0.15) is 0 Å². The van der Waals surface area contributed by atoms with Gasteiger partial charge in [-0.3, -0.25) is 9.97 Å². The molecule has 0 spiro atoms. The maximum absolute atomic E-state index is 8.97. The Morgan fingerprint density at radius 2 is 1.67 bits per heavy atom. The van der Waals surface area contributed by atoms with E-state index in [1.807, 2.05) is 66.9 Å². The summed E-state index contributed by atoms with van der Waals surface area (Å²) in [6.07, 6.45) is 8.98. The second-order valence-electron chi connectivity index (χ2n) is 11.6. The normalized spacial score (nSPS) is 14.9. The van der Waals surface area contributed by atoms with Crippen molar-refractivity contribution in [3.8, 4) is 22.6 Å². The van der Waals surface area contributed by atoms with E-state index in [4.69, 9.17) is 10.8 Å². The van der Waals surface area contributed by atoms with E-state index in [9.17, 15) is 0 Å². The van der Waals surface area contributed by atoms with Gasteiger partial charge in [-0.25, -0.2) is 0 Å². The van der Waals surface area contributed by atoms with Crippen LogP contribution in [0.25, 0.3) is 44.6 Å². The van der Waals surface area contributed by atoms with Crippen molar-refractivity contribution in [2.24, 2.45) is 0 Å². The van der Waals surface area contributed by atoms with Gasteiger partial charge >= 0.3 is 0 Å². The van der Waals surface area contributed by atoms with Crippen molar-refractivity contribution in [2.45, 2.75) is 57.6 Å². The molecule has 42 heavy (non-hydrogen) atoms. The van der Waals surface area contributed by atoms with Gasteiger partial charge in [-0.15, -0.1) is 54.1 Å².